The summed E-state index contributed by atoms with van der Waals surface area (Å²) in [6.45, 7) is 1.97. The molecule has 2 aromatic heterocycles. The van der Waals surface area contributed by atoms with Crippen LogP contribution in [0.5, 0.6) is 0 Å². The van der Waals surface area contributed by atoms with Crippen molar-refractivity contribution in [3.8, 4) is 5.69 Å². The van der Waals surface area contributed by atoms with Crippen LogP contribution in [-0.2, 0) is 0 Å². The molecule has 0 fully saturated rings. The first-order valence-electron chi connectivity index (χ1n) is 6.90. The van der Waals surface area contributed by atoms with E-state index in [0.29, 0.717) is 10.4 Å². The number of pyridine rings is 1. The fraction of sp³-hybridized carbons (Fsp3) is 0.0588. The molecule has 4 nitrogen and oxygen atoms in total. The summed E-state index contributed by atoms with van der Waals surface area (Å²) in [4.78, 5) is 17.0. The van der Waals surface area contributed by atoms with Crippen LogP contribution >= 0.6 is 11.6 Å². The van der Waals surface area contributed by atoms with E-state index in [9.17, 15) is 4.79 Å². The first-order valence-corrected chi connectivity index (χ1v) is 7.28. The van der Waals surface area contributed by atoms with Crippen LogP contribution in [0.1, 0.15) is 5.56 Å². The first-order chi connectivity index (χ1) is 10.6. The smallest absolute Gasteiger partial charge is 0.280 e. The second kappa shape index (κ2) is 4.71. The van der Waals surface area contributed by atoms with Gasteiger partial charge in [0.05, 0.1) is 22.1 Å². The van der Waals surface area contributed by atoms with Crippen LogP contribution in [0.25, 0.3) is 27.5 Å². The zero-order chi connectivity index (χ0) is 15.3. The van der Waals surface area contributed by atoms with Gasteiger partial charge in [0.2, 0.25) is 0 Å². The predicted octanol–water partition coefficient (Wildman–Crippen LogP) is 3.83. The van der Waals surface area contributed by atoms with Crippen molar-refractivity contribution in [1.82, 2.24) is 14.8 Å². The summed E-state index contributed by atoms with van der Waals surface area (Å²) < 4.78 is 1.56. The molecule has 0 saturated carbocycles. The highest BCUT2D eigenvalue weighted by atomic mass is 35.5. The number of nitrogens with one attached hydrogen (secondary N) is 1. The molecule has 0 unspecified atom stereocenters. The summed E-state index contributed by atoms with van der Waals surface area (Å²) in [6, 6.07) is 13.2. The maximum atomic E-state index is 12.7. The van der Waals surface area contributed by atoms with Crippen molar-refractivity contribution in [3.63, 3.8) is 0 Å². The molecule has 0 atom stereocenters. The number of para-hydroxylation sites is 1. The zero-order valence-electron chi connectivity index (χ0n) is 11.8. The molecule has 0 bridgehead atoms. The Morgan fingerprint density at radius 1 is 1.14 bits per heavy atom. The van der Waals surface area contributed by atoms with Crippen LogP contribution < -0.4 is 5.56 Å². The van der Waals surface area contributed by atoms with Crippen LogP contribution in [0.3, 0.4) is 0 Å². The van der Waals surface area contributed by atoms with Crippen molar-refractivity contribution < 1.29 is 0 Å². The Bertz CT molecular complexity index is 1080. The van der Waals surface area contributed by atoms with Gasteiger partial charge in [0, 0.05) is 16.6 Å². The highest BCUT2D eigenvalue weighted by Crippen LogP contribution is 2.24. The molecule has 4 rings (SSSR count). The van der Waals surface area contributed by atoms with Crippen LogP contribution in [0, 0.1) is 6.92 Å². The second-order valence-corrected chi connectivity index (χ2v) is 5.68. The van der Waals surface area contributed by atoms with Gasteiger partial charge in [0.15, 0.2) is 0 Å². The molecule has 22 heavy (non-hydrogen) atoms. The van der Waals surface area contributed by atoms with Gasteiger partial charge in [-0.3, -0.25) is 14.9 Å². The molecule has 0 amide bonds. The molecular formula is C17H12ClN3O. The third-order valence-corrected chi connectivity index (χ3v) is 4.08. The molecule has 0 saturated heterocycles. The lowest BCUT2D eigenvalue weighted by atomic mass is 10.2. The van der Waals surface area contributed by atoms with Gasteiger partial charge in [-0.15, -0.1) is 0 Å². The van der Waals surface area contributed by atoms with E-state index in [1.54, 1.807) is 16.9 Å². The second-order valence-electron chi connectivity index (χ2n) is 5.25. The summed E-state index contributed by atoms with van der Waals surface area (Å²) in [6.07, 6.45) is 1.61. The fourth-order valence-corrected chi connectivity index (χ4v) is 2.89. The first kappa shape index (κ1) is 13.1. The number of aromatic nitrogens is 3. The van der Waals surface area contributed by atoms with Gasteiger partial charge >= 0.3 is 0 Å². The van der Waals surface area contributed by atoms with E-state index in [-0.39, 0.29) is 5.56 Å². The monoisotopic (exact) mass is 309 g/mol. The number of hydrogen-bond acceptors (Lipinski definition) is 2. The van der Waals surface area contributed by atoms with Crippen molar-refractivity contribution in [2.75, 3.05) is 0 Å². The molecule has 5 heteroatoms. The van der Waals surface area contributed by atoms with Crippen molar-refractivity contribution >= 4 is 33.4 Å². The normalized spacial score (nSPS) is 11.4. The van der Waals surface area contributed by atoms with E-state index in [2.05, 4.69) is 10.1 Å². The Morgan fingerprint density at radius 2 is 1.95 bits per heavy atom. The number of nitrogens with zero attached hydrogens (tertiary/aromatic N) is 2. The maximum absolute atomic E-state index is 12.7. The van der Waals surface area contributed by atoms with E-state index >= 15 is 0 Å². The van der Waals surface area contributed by atoms with Crippen LogP contribution in [0.2, 0.25) is 5.02 Å². The Hall–Kier alpha value is -2.59. The molecule has 0 radical (unpaired) electrons. The number of aryl methyl sites for hydroxylation is 1. The highest BCUT2D eigenvalue weighted by Gasteiger charge is 2.13. The van der Waals surface area contributed by atoms with E-state index in [0.717, 1.165) is 27.7 Å². The predicted molar refractivity (Wildman–Crippen MR) is 88.9 cm³/mol. The Morgan fingerprint density at radius 3 is 2.77 bits per heavy atom. The van der Waals surface area contributed by atoms with E-state index < -0.39 is 0 Å². The third kappa shape index (κ3) is 1.84. The number of aromatic amines is 1. The van der Waals surface area contributed by atoms with Crippen LogP contribution in [0.15, 0.2) is 53.5 Å². The van der Waals surface area contributed by atoms with Crippen molar-refractivity contribution in [2.24, 2.45) is 0 Å². The average Bonchev–Trinajstić information content (AvgIpc) is 2.85. The molecule has 0 aliphatic carbocycles. The summed E-state index contributed by atoms with van der Waals surface area (Å²) in [7, 11) is 0. The molecule has 4 aromatic rings. The number of rotatable bonds is 1. The summed E-state index contributed by atoms with van der Waals surface area (Å²) in [5.41, 5.74) is 3.29. The van der Waals surface area contributed by atoms with Gasteiger partial charge in [-0.2, -0.15) is 0 Å². The SMILES string of the molecule is Cc1ccccc1-n1[nH]c2c(cnc3ccc(Cl)cc32)c1=O. The van der Waals surface area contributed by atoms with Gasteiger partial charge in [-0.25, -0.2) is 4.68 Å². The number of fused-ring (bicyclic) bond motifs is 3. The lowest BCUT2D eigenvalue weighted by Crippen LogP contribution is -2.15. The largest absolute Gasteiger partial charge is 0.290 e. The molecule has 108 valence electrons. The lowest BCUT2D eigenvalue weighted by Gasteiger charge is -2.04. The number of halogens is 1. The van der Waals surface area contributed by atoms with Crippen LogP contribution in [-0.4, -0.2) is 14.8 Å². The molecular weight excluding hydrogens is 298 g/mol. The van der Waals surface area contributed by atoms with E-state index in [1.165, 1.54) is 0 Å². The average molecular weight is 310 g/mol. The van der Waals surface area contributed by atoms with Gasteiger partial charge < -0.3 is 0 Å². The molecule has 0 spiro atoms. The Labute approximate surface area is 131 Å². The molecule has 2 heterocycles. The fourth-order valence-electron chi connectivity index (χ4n) is 2.71. The quantitative estimate of drug-likeness (QED) is 0.581. The number of benzene rings is 2. The summed E-state index contributed by atoms with van der Waals surface area (Å²) in [5, 5.41) is 5.21. The maximum Gasteiger partial charge on any atom is 0.280 e. The van der Waals surface area contributed by atoms with Crippen molar-refractivity contribution in [1.29, 1.82) is 0 Å². The summed E-state index contributed by atoms with van der Waals surface area (Å²) >= 11 is 6.08. The van der Waals surface area contributed by atoms with Gasteiger partial charge in [0.1, 0.15) is 0 Å². The lowest BCUT2D eigenvalue weighted by molar-refractivity contribution is 0.857. The molecule has 0 aliphatic rings. The van der Waals surface area contributed by atoms with Gasteiger partial charge in [-0.05, 0) is 36.8 Å². The van der Waals surface area contributed by atoms with Gasteiger partial charge in [0.25, 0.3) is 5.56 Å². The van der Waals surface area contributed by atoms with E-state index in [1.807, 2.05) is 43.3 Å². The number of H-pyrrole nitrogens is 1. The van der Waals surface area contributed by atoms with E-state index in [4.69, 9.17) is 11.6 Å². The molecule has 2 aromatic carbocycles. The summed E-state index contributed by atoms with van der Waals surface area (Å²) in [5.74, 6) is 0. The highest BCUT2D eigenvalue weighted by molar-refractivity contribution is 6.31. The third-order valence-electron chi connectivity index (χ3n) is 3.84. The zero-order valence-corrected chi connectivity index (χ0v) is 12.6. The standard InChI is InChI=1S/C17H12ClN3O/c1-10-4-2-3-5-15(10)21-17(22)13-9-19-14-7-6-11(18)8-12(14)16(13)20-21/h2-9,20H,1H3. The Balaban J connectivity index is 2.13. The van der Waals surface area contributed by atoms with Crippen molar-refractivity contribution in [3.05, 3.63) is 69.6 Å². The molecule has 1 N–H and O–H groups in total. The Kier molecular flexibility index (Phi) is 2.81. The topological polar surface area (TPSA) is 50.7 Å². The molecule has 0 aliphatic heterocycles. The minimum atomic E-state index is -0.112. The van der Waals surface area contributed by atoms with Crippen molar-refractivity contribution in [2.45, 2.75) is 6.92 Å². The van der Waals surface area contributed by atoms with Crippen LogP contribution in [0.4, 0.5) is 0 Å². The number of hydrogen-bond donors (Lipinski definition) is 1. The van der Waals surface area contributed by atoms with Gasteiger partial charge in [-0.1, -0.05) is 29.8 Å². The minimum Gasteiger partial charge on any atom is -0.290 e. The minimum absolute atomic E-state index is 0.112.